The lowest BCUT2D eigenvalue weighted by Crippen LogP contribution is -2.34. The van der Waals surface area contributed by atoms with Crippen molar-refractivity contribution in [2.24, 2.45) is 0 Å². The molecule has 0 spiro atoms. The third-order valence-electron chi connectivity index (χ3n) is 2.04. The van der Waals surface area contributed by atoms with Crippen molar-refractivity contribution in [3.63, 3.8) is 0 Å². The molecule has 0 radical (unpaired) electrons. The van der Waals surface area contributed by atoms with Gasteiger partial charge in [0.15, 0.2) is 0 Å². The van der Waals surface area contributed by atoms with Crippen LogP contribution in [0.15, 0.2) is 18.2 Å². The van der Waals surface area contributed by atoms with E-state index in [1.165, 1.54) is 0 Å². The molecule has 0 heterocycles. The molecule has 1 rings (SSSR count). The highest BCUT2D eigenvalue weighted by Gasteiger charge is 2.17. The van der Waals surface area contributed by atoms with E-state index in [1.807, 2.05) is 26.0 Å². The number of aliphatic hydroxyl groups excluding tert-OH is 1. The van der Waals surface area contributed by atoms with Gasteiger partial charge in [0, 0.05) is 6.07 Å². The normalized spacial score (nSPS) is 11.3. The lowest BCUT2D eigenvalue weighted by Gasteiger charge is -2.25. The van der Waals surface area contributed by atoms with Crippen LogP contribution in [-0.2, 0) is 0 Å². The molecule has 0 aliphatic heterocycles. The molecule has 0 atom stereocenters. The van der Waals surface area contributed by atoms with Gasteiger partial charge in [0.1, 0.15) is 5.75 Å². The van der Waals surface area contributed by atoms with E-state index in [0.29, 0.717) is 10.8 Å². The van der Waals surface area contributed by atoms with Gasteiger partial charge >= 0.3 is 0 Å². The maximum absolute atomic E-state index is 9.12. The molecule has 3 nitrogen and oxygen atoms in total. The van der Waals surface area contributed by atoms with Crippen molar-refractivity contribution in [3.05, 3.63) is 23.2 Å². The number of ether oxygens (including phenoxy) is 1. The number of hydrogen-bond donors (Lipinski definition) is 2. The van der Waals surface area contributed by atoms with Gasteiger partial charge in [-0.2, -0.15) is 0 Å². The molecular weight excluding hydrogens is 214 g/mol. The molecule has 1 aromatic rings. The number of methoxy groups -OCH3 is 1. The summed E-state index contributed by atoms with van der Waals surface area (Å²) in [7, 11) is 1.59. The molecule has 4 heteroatoms. The number of rotatable bonds is 4. The Morgan fingerprint density at radius 1 is 1.47 bits per heavy atom. The quantitative estimate of drug-likeness (QED) is 0.834. The molecule has 0 unspecified atom stereocenters. The van der Waals surface area contributed by atoms with Crippen LogP contribution in [0.4, 0.5) is 5.69 Å². The smallest absolute Gasteiger partial charge is 0.120 e. The maximum Gasteiger partial charge on any atom is 0.120 e. The summed E-state index contributed by atoms with van der Waals surface area (Å²) in [5.41, 5.74) is 0.398. The van der Waals surface area contributed by atoms with E-state index in [1.54, 1.807) is 13.2 Å². The van der Waals surface area contributed by atoms with Crippen molar-refractivity contribution in [1.29, 1.82) is 0 Å². The maximum atomic E-state index is 9.12. The fraction of sp³-hybridized carbons (Fsp3) is 0.455. The molecule has 0 aliphatic carbocycles. The third-order valence-corrected chi connectivity index (χ3v) is 2.36. The predicted octanol–water partition coefficient (Wildman–Crippen LogP) is 2.53. The highest BCUT2D eigenvalue weighted by Crippen LogP contribution is 2.28. The highest BCUT2D eigenvalue weighted by molar-refractivity contribution is 6.33. The molecule has 0 saturated heterocycles. The summed E-state index contributed by atoms with van der Waals surface area (Å²) in [5.74, 6) is 0.715. The Bertz CT molecular complexity index is 339. The van der Waals surface area contributed by atoms with E-state index < -0.39 is 5.54 Å². The number of halogens is 1. The highest BCUT2D eigenvalue weighted by atomic mass is 35.5. The first-order chi connectivity index (χ1) is 6.98. The van der Waals surface area contributed by atoms with Gasteiger partial charge in [-0.1, -0.05) is 11.6 Å². The fourth-order valence-electron chi connectivity index (χ4n) is 1.13. The summed E-state index contributed by atoms with van der Waals surface area (Å²) in [6.07, 6.45) is 0. The van der Waals surface area contributed by atoms with Crippen LogP contribution in [0.25, 0.3) is 0 Å². The molecule has 0 amide bonds. The summed E-state index contributed by atoms with van der Waals surface area (Å²) in [5, 5.41) is 12.8. The van der Waals surface area contributed by atoms with Crippen LogP contribution in [0.1, 0.15) is 13.8 Å². The lowest BCUT2D eigenvalue weighted by atomic mass is 10.1. The third kappa shape index (κ3) is 3.29. The standard InChI is InChI=1S/C11H16ClNO2/c1-11(2,7-14)13-10-5-4-8(15-3)6-9(10)12/h4-6,13-14H,7H2,1-3H3. The number of benzene rings is 1. The van der Waals surface area contributed by atoms with Gasteiger partial charge in [0.2, 0.25) is 0 Å². The predicted molar refractivity (Wildman–Crippen MR) is 62.8 cm³/mol. The SMILES string of the molecule is COc1ccc(NC(C)(C)CO)c(Cl)c1. The minimum atomic E-state index is -0.391. The van der Waals surface area contributed by atoms with E-state index in [-0.39, 0.29) is 6.61 Å². The zero-order valence-corrected chi connectivity index (χ0v) is 9.93. The van der Waals surface area contributed by atoms with Crippen LogP contribution in [0.3, 0.4) is 0 Å². The van der Waals surface area contributed by atoms with Crippen LogP contribution in [0.2, 0.25) is 5.02 Å². The van der Waals surface area contributed by atoms with E-state index in [0.717, 1.165) is 5.69 Å². The van der Waals surface area contributed by atoms with Crippen molar-refractivity contribution < 1.29 is 9.84 Å². The molecule has 15 heavy (non-hydrogen) atoms. The summed E-state index contributed by atoms with van der Waals surface area (Å²) in [6.45, 7) is 3.83. The second kappa shape index (κ2) is 4.73. The Labute approximate surface area is 95.0 Å². The molecule has 0 saturated carbocycles. The Kier molecular flexibility index (Phi) is 3.83. The minimum Gasteiger partial charge on any atom is -0.497 e. The van der Waals surface area contributed by atoms with E-state index in [2.05, 4.69) is 5.32 Å². The Balaban J connectivity index is 2.87. The summed E-state index contributed by atoms with van der Waals surface area (Å²) in [6, 6.07) is 5.39. The monoisotopic (exact) mass is 229 g/mol. The van der Waals surface area contributed by atoms with Crippen LogP contribution < -0.4 is 10.1 Å². The second-order valence-corrected chi connectivity index (χ2v) is 4.42. The average Bonchev–Trinajstić information content (AvgIpc) is 2.21. The number of aliphatic hydroxyl groups is 1. The fourth-order valence-corrected chi connectivity index (χ4v) is 1.35. The number of anilines is 1. The van der Waals surface area contributed by atoms with Crippen molar-refractivity contribution in [2.75, 3.05) is 19.0 Å². The Hall–Kier alpha value is -0.930. The first kappa shape index (κ1) is 12.1. The molecule has 84 valence electrons. The minimum absolute atomic E-state index is 0.0371. The molecular formula is C11H16ClNO2. The average molecular weight is 230 g/mol. The zero-order chi connectivity index (χ0) is 11.5. The van der Waals surface area contributed by atoms with Crippen LogP contribution in [0.5, 0.6) is 5.75 Å². The van der Waals surface area contributed by atoms with Crippen LogP contribution >= 0.6 is 11.6 Å². The summed E-state index contributed by atoms with van der Waals surface area (Å²) >= 11 is 6.05. The van der Waals surface area contributed by atoms with Crippen molar-refractivity contribution in [1.82, 2.24) is 0 Å². The van der Waals surface area contributed by atoms with Gasteiger partial charge in [-0.3, -0.25) is 0 Å². The van der Waals surface area contributed by atoms with Gasteiger partial charge < -0.3 is 15.2 Å². The zero-order valence-electron chi connectivity index (χ0n) is 9.17. The van der Waals surface area contributed by atoms with Gasteiger partial charge in [0.05, 0.1) is 30.0 Å². The molecule has 1 aromatic carbocycles. The van der Waals surface area contributed by atoms with Gasteiger partial charge in [-0.25, -0.2) is 0 Å². The van der Waals surface area contributed by atoms with Gasteiger partial charge in [0.25, 0.3) is 0 Å². The Morgan fingerprint density at radius 2 is 2.13 bits per heavy atom. The van der Waals surface area contributed by atoms with Crippen LogP contribution in [-0.4, -0.2) is 24.4 Å². The molecule has 0 aromatic heterocycles. The molecule has 0 aliphatic rings. The summed E-state index contributed by atoms with van der Waals surface area (Å²) in [4.78, 5) is 0. The van der Waals surface area contributed by atoms with Crippen molar-refractivity contribution >= 4 is 17.3 Å². The lowest BCUT2D eigenvalue weighted by molar-refractivity contribution is 0.234. The van der Waals surface area contributed by atoms with E-state index >= 15 is 0 Å². The molecule has 0 fully saturated rings. The molecule has 2 N–H and O–H groups in total. The first-order valence-electron chi connectivity index (χ1n) is 4.71. The van der Waals surface area contributed by atoms with Gasteiger partial charge in [-0.05, 0) is 26.0 Å². The van der Waals surface area contributed by atoms with Crippen molar-refractivity contribution in [3.8, 4) is 5.75 Å². The number of hydrogen-bond acceptors (Lipinski definition) is 3. The topological polar surface area (TPSA) is 41.5 Å². The van der Waals surface area contributed by atoms with E-state index in [4.69, 9.17) is 21.4 Å². The second-order valence-electron chi connectivity index (χ2n) is 4.01. The first-order valence-corrected chi connectivity index (χ1v) is 5.09. The van der Waals surface area contributed by atoms with E-state index in [9.17, 15) is 0 Å². The molecule has 0 bridgehead atoms. The van der Waals surface area contributed by atoms with Crippen LogP contribution in [0, 0.1) is 0 Å². The van der Waals surface area contributed by atoms with Gasteiger partial charge in [-0.15, -0.1) is 0 Å². The van der Waals surface area contributed by atoms with Crippen molar-refractivity contribution in [2.45, 2.75) is 19.4 Å². The number of nitrogens with one attached hydrogen (secondary N) is 1. The summed E-state index contributed by atoms with van der Waals surface area (Å²) < 4.78 is 5.04. The Morgan fingerprint density at radius 3 is 2.60 bits per heavy atom. The largest absolute Gasteiger partial charge is 0.497 e.